The van der Waals surface area contributed by atoms with Crippen molar-refractivity contribution in [2.24, 2.45) is 0 Å². The van der Waals surface area contributed by atoms with Crippen LogP contribution < -0.4 is 28.5 Å². The lowest BCUT2D eigenvalue weighted by molar-refractivity contribution is -0.0542. The van der Waals surface area contributed by atoms with Gasteiger partial charge in [-0.3, -0.25) is 23.5 Å². The van der Waals surface area contributed by atoms with Crippen LogP contribution in [0.5, 0.6) is 0 Å². The Balaban J connectivity index is 0.946. The lowest BCUT2D eigenvalue weighted by atomic mass is 10.2. The molecule has 3 aliphatic rings. The summed E-state index contributed by atoms with van der Waals surface area (Å²) in [4.78, 5) is 73.9. The fraction of sp³-hybridized carbons (Fsp3) is 0.517. The lowest BCUT2D eigenvalue weighted by Gasteiger charge is -2.27. The first kappa shape index (κ1) is 41.8. The molecule has 318 valence electrons. The fourth-order valence-corrected chi connectivity index (χ4v) is 9.88. The van der Waals surface area contributed by atoms with Crippen LogP contribution in [0.3, 0.4) is 0 Å². The fourth-order valence-electron chi connectivity index (χ4n) is 6.93. The molecule has 8 heterocycles. The van der Waals surface area contributed by atoms with Gasteiger partial charge in [0.05, 0.1) is 50.8 Å². The number of nitrogens with one attached hydrogen (secondary N) is 1. The van der Waals surface area contributed by atoms with Crippen molar-refractivity contribution in [1.82, 2.24) is 48.6 Å². The largest absolute Gasteiger partial charge is 0.394 e. The van der Waals surface area contributed by atoms with E-state index in [-0.39, 0.29) is 48.0 Å². The highest BCUT2D eigenvalue weighted by atomic mass is 32.5. The van der Waals surface area contributed by atoms with Crippen LogP contribution in [0.4, 0.5) is 17.6 Å². The zero-order chi connectivity index (χ0) is 41.8. The summed E-state index contributed by atoms with van der Waals surface area (Å²) >= 11 is 10.7. The Kier molecular flexibility index (Phi) is 11.7. The molecule has 3 aliphatic heterocycles. The predicted molar refractivity (Wildman–Crippen MR) is 209 cm³/mol. The number of hydrogen-bond donors (Lipinski definition) is 8. The van der Waals surface area contributed by atoms with Crippen molar-refractivity contribution in [3.63, 3.8) is 0 Å². The second-order valence-electron chi connectivity index (χ2n) is 13.6. The minimum absolute atomic E-state index is 0.0101. The zero-order valence-corrected chi connectivity index (χ0v) is 33.7. The first-order valence-electron chi connectivity index (χ1n) is 17.6. The number of rotatable bonds is 14. The van der Waals surface area contributed by atoms with Crippen LogP contribution in [0.1, 0.15) is 37.9 Å². The molecule has 5 aromatic heterocycles. The summed E-state index contributed by atoms with van der Waals surface area (Å²) in [6, 6.07) is 1.40. The molecule has 11 N–H and O–H groups in total. The summed E-state index contributed by atoms with van der Waals surface area (Å²) in [5, 5.41) is 20.8. The zero-order valence-electron chi connectivity index (χ0n) is 30.3. The SMILES string of the molecule is Nc1ccn([C@H]2C[C@H](OP(O)(=S)OC[C@H]3O[C@@H](n4cnc5c(N)ncnc54)C[C@@H]3OP(O)(=S)OC[C@H]3O[C@@H](n4cnc5c(=O)[nH]c(N)nc54)C[C@@H]3O)[C@@H](CO)O2)c(=O)n1. The Morgan fingerprint density at radius 3 is 2.08 bits per heavy atom. The molecule has 0 amide bonds. The van der Waals surface area contributed by atoms with Crippen molar-refractivity contribution in [3.8, 4) is 0 Å². The normalized spacial score (nSPS) is 29.3. The molecule has 0 spiro atoms. The van der Waals surface area contributed by atoms with Gasteiger partial charge in [0.15, 0.2) is 22.6 Å². The second-order valence-corrected chi connectivity index (χ2v) is 19.1. The number of nitrogen functional groups attached to an aromatic ring is 3. The number of anilines is 3. The third kappa shape index (κ3) is 8.79. The van der Waals surface area contributed by atoms with E-state index in [2.05, 4.69) is 34.9 Å². The van der Waals surface area contributed by atoms with Gasteiger partial charge in [0.2, 0.25) is 5.95 Å². The van der Waals surface area contributed by atoms with Gasteiger partial charge >= 0.3 is 19.1 Å². The van der Waals surface area contributed by atoms with E-state index >= 15 is 0 Å². The van der Waals surface area contributed by atoms with E-state index in [4.69, 9.17) is 73.1 Å². The number of fused-ring (bicyclic) bond motifs is 2. The van der Waals surface area contributed by atoms with Crippen molar-refractivity contribution in [2.75, 3.05) is 37.0 Å². The maximum absolute atomic E-state index is 12.4. The molecule has 59 heavy (non-hydrogen) atoms. The van der Waals surface area contributed by atoms with Gasteiger partial charge in [-0.2, -0.15) is 9.97 Å². The number of nitrogens with two attached hydrogens (primary N) is 3. The number of aliphatic hydroxyl groups is 2. The number of aromatic nitrogens is 10. The molecular formula is C29H37N13O13P2S2. The summed E-state index contributed by atoms with van der Waals surface area (Å²) in [6.45, 7) is -9.68. The smallest absolute Gasteiger partial charge is 0.351 e. The highest BCUT2D eigenvalue weighted by molar-refractivity contribution is 8.07. The molecule has 26 nitrogen and oxygen atoms in total. The third-order valence-electron chi connectivity index (χ3n) is 9.71. The molecule has 0 aliphatic carbocycles. The van der Waals surface area contributed by atoms with E-state index in [9.17, 15) is 29.6 Å². The molecule has 30 heteroatoms. The molecule has 0 radical (unpaired) electrons. The van der Waals surface area contributed by atoms with E-state index in [1.165, 1.54) is 35.8 Å². The number of aliphatic hydroxyl groups excluding tert-OH is 2. The Morgan fingerprint density at radius 2 is 1.39 bits per heavy atom. The molecule has 8 rings (SSSR count). The van der Waals surface area contributed by atoms with Gasteiger partial charge in [0.25, 0.3) is 5.56 Å². The third-order valence-corrected chi connectivity index (χ3v) is 12.9. The van der Waals surface area contributed by atoms with E-state index in [1.54, 1.807) is 4.57 Å². The van der Waals surface area contributed by atoms with Crippen LogP contribution >= 0.6 is 13.4 Å². The van der Waals surface area contributed by atoms with Gasteiger partial charge in [-0.15, -0.1) is 0 Å². The van der Waals surface area contributed by atoms with Crippen LogP contribution in [-0.4, -0.2) is 125 Å². The van der Waals surface area contributed by atoms with E-state index in [0.29, 0.717) is 11.2 Å². The molecule has 5 aromatic rings. The Bertz CT molecular complexity index is 2580. The van der Waals surface area contributed by atoms with Crippen molar-refractivity contribution in [2.45, 2.75) is 74.6 Å². The molecule has 3 saturated heterocycles. The Morgan fingerprint density at radius 1 is 0.797 bits per heavy atom. The summed E-state index contributed by atoms with van der Waals surface area (Å²) in [7, 11) is 0. The number of imidazole rings is 2. The standard InChI is InChI=1S/C29H37N13O13P2S2/c30-18-1-2-40(29(46)37-18)20-4-13(15(6-43)51-20)54-57(48,59)50-8-17-14(5-21(53-17)41-10-35-22-24(31)33-9-34-25(22)41)55-56(47,58)49-7-16-12(44)3-19(52-16)42-11-36-23-26(42)38-28(32)39-27(23)45/h1-2,9-17,19-21,43-44H,3-8H2,(H,47,58)(H,48,59)(H2,30,37,46)(H2,31,33,34)(H3,32,38,39,45)/t12-,13-,14-,15+,16+,17+,19+,20+,21+,56?,57?/m0/s1. The van der Waals surface area contributed by atoms with Crippen molar-refractivity contribution in [1.29, 1.82) is 0 Å². The number of H-pyrrole nitrogens is 1. The first-order valence-corrected chi connectivity index (χ1v) is 22.8. The highest BCUT2D eigenvalue weighted by Gasteiger charge is 2.45. The van der Waals surface area contributed by atoms with Gasteiger partial charge < -0.3 is 69.5 Å². The van der Waals surface area contributed by atoms with E-state index in [1.807, 2.05) is 0 Å². The van der Waals surface area contributed by atoms with E-state index < -0.39 is 99.8 Å². The van der Waals surface area contributed by atoms with Gasteiger partial charge in [-0.05, 0) is 29.7 Å². The summed E-state index contributed by atoms with van der Waals surface area (Å²) in [5.74, 6) is 0.00530. The Hall–Kier alpha value is -3.96. The molecule has 0 aromatic carbocycles. The van der Waals surface area contributed by atoms with Gasteiger partial charge in [-0.1, -0.05) is 0 Å². The maximum Gasteiger partial charge on any atom is 0.351 e. The molecule has 2 unspecified atom stereocenters. The number of nitrogens with zero attached hydrogens (tertiary/aromatic N) is 9. The quantitative estimate of drug-likeness (QED) is 0.0583. The predicted octanol–water partition coefficient (Wildman–Crippen LogP) is -1.58. The lowest BCUT2D eigenvalue weighted by Crippen LogP contribution is -2.31. The molecule has 11 atom stereocenters. The first-order chi connectivity index (χ1) is 28.1. The van der Waals surface area contributed by atoms with Crippen LogP contribution in [0, 0.1) is 0 Å². The average molecular weight is 902 g/mol. The Labute approximate surface area is 340 Å². The topological polar surface area (TPSA) is 366 Å². The second kappa shape index (κ2) is 16.5. The number of hydrogen-bond acceptors (Lipinski definition) is 22. The minimum atomic E-state index is -4.15. The monoisotopic (exact) mass is 901 g/mol. The summed E-state index contributed by atoms with van der Waals surface area (Å²) in [6.07, 6.45) is -3.40. The maximum atomic E-state index is 12.4. The minimum Gasteiger partial charge on any atom is -0.394 e. The van der Waals surface area contributed by atoms with Crippen molar-refractivity contribution >= 4 is 77.0 Å². The van der Waals surface area contributed by atoms with Crippen LogP contribution in [0.2, 0.25) is 0 Å². The summed E-state index contributed by atoms with van der Waals surface area (Å²) < 4.78 is 45.3. The van der Waals surface area contributed by atoms with Gasteiger partial charge in [-0.25, -0.2) is 24.7 Å². The highest BCUT2D eigenvalue weighted by Crippen LogP contribution is 2.52. The molecular weight excluding hydrogens is 864 g/mol. The molecule has 3 fully saturated rings. The van der Waals surface area contributed by atoms with Gasteiger partial charge in [0.1, 0.15) is 54.7 Å². The average Bonchev–Trinajstić information content (AvgIpc) is 4.00. The summed E-state index contributed by atoms with van der Waals surface area (Å²) in [5.41, 5.74) is 16.8. The van der Waals surface area contributed by atoms with Crippen LogP contribution in [0.15, 0.2) is 40.8 Å². The van der Waals surface area contributed by atoms with E-state index in [0.717, 1.165) is 4.57 Å². The van der Waals surface area contributed by atoms with Crippen molar-refractivity contribution < 1.29 is 52.3 Å². The molecule has 0 bridgehead atoms. The van der Waals surface area contributed by atoms with Gasteiger partial charge in [0, 0.05) is 25.5 Å². The van der Waals surface area contributed by atoms with Crippen molar-refractivity contribution in [3.05, 3.63) is 52.1 Å². The van der Waals surface area contributed by atoms with Crippen LogP contribution in [-0.2, 0) is 55.9 Å². The van der Waals surface area contributed by atoms with Crippen LogP contribution in [0.25, 0.3) is 22.3 Å². The molecule has 0 saturated carbocycles. The number of ether oxygens (including phenoxy) is 3. The number of aromatic amines is 1.